The maximum Gasteiger partial charge on any atom is 0.191 e. The van der Waals surface area contributed by atoms with Gasteiger partial charge in [0.05, 0.1) is 0 Å². The number of nitrogens with one attached hydrogen (secondary N) is 2. The molecule has 1 aliphatic carbocycles. The summed E-state index contributed by atoms with van der Waals surface area (Å²) in [7, 11) is 1.13. The van der Waals surface area contributed by atoms with E-state index in [1.54, 1.807) is 7.05 Å². The molecule has 3 atom stereocenters. The third kappa shape index (κ3) is 5.86. The van der Waals surface area contributed by atoms with Crippen molar-refractivity contribution in [3.8, 4) is 0 Å². The van der Waals surface area contributed by atoms with Crippen molar-refractivity contribution < 1.29 is 4.21 Å². The Kier molecular flexibility index (Phi) is 10.1. The van der Waals surface area contributed by atoms with Crippen LogP contribution in [0.1, 0.15) is 39.5 Å². The second-order valence-electron chi connectivity index (χ2n) is 4.40. The van der Waals surface area contributed by atoms with Crippen LogP contribution in [-0.2, 0) is 10.8 Å². The molecule has 3 unspecified atom stereocenters. The Morgan fingerprint density at radius 2 is 2.11 bits per heavy atom. The molecule has 0 spiro atoms. The highest BCUT2D eigenvalue weighted by Gasteiger charge is 2.25. The van der Waals surface area contributed by atoms with Crippen LogP contribution in [0.4, 0.5) is 0 Å². The number of aliphatic imine (C=N–C) groups is 1. The van der Waals surface area contributed by atoms with Gasteiger partial charge in [-0.1, -0.05) is 13.3 Å². The molecule has 1 saturated carbocycles. The molecule has 0 heterocycles. The normalized spacial score (nSPS) is 26.1. The number of guanidine groups is 1. The van der Waals surface area contributed by atoms with Crippen molar-refractivity contribution in [2.45, 2.75) is 50.8 Å². The Labute approximate surface area is 130 Å². The van der Waals surface area contributed by atoms with Crippen LogP contribution in [0.25, 0.3) is 0 Å². The number of hydrogen-bond donors (Lipinski definition) is 2. The van der Waals surface area contributed by atoms with Gasteiger partial charge in [0.25, 0.3) is 0 Å². The molecule has 4 nitrogen and oxygen atoms in total. The van der Waals surface area contributed by atoms with E-state index in [0.29, 0.717) is 11.3 Å². The summed E-state index contributed by atoms with van der Waals surface area (Å²) in [6.45, 7) is 4.93. The smallest absolute Gasteiger partial charge is 0.191 e. The SMILES string of the molecule is CCNC(=NC)NC1CCCC(S(=O)CC)C1.I. The van der Waals surface area contributed by atoms with Crippen molar-refractivity contribution >= 4 is 40.7 Å². The molecule has 0 radical (unpaired) electrons. The highest BCUT2D eigenvalue weighted by molar-refractivity contribution is 14.0. The maximum absolute atomic E-state index is 11.8. The summed E-state index contributed by atoms with van der Waals surface area (Å²) in [4.78, 5) is 4.18. The van der Waals surface area contributed by atoms with Gasteiger partial charge >= 0.3 is 0 Å². The number of nitrogens with zero attached hydrogens (tertiary/aromatic N) is 1. The minimum atomic E-state index is -0.655. The Morgan fingerprint density at radius 3 is 2.67 bits per heavy atom. The summed E-state index contributed by atoms with van der Waals surface area (Å²) in [6, 6.07) is 0.419. The molecule has 0 aromatic heterocycles. The lowest BCUT2D eigenvalue weighted by Crippen LogP contribution is -2.46. The molecule has 0 aromatic carbocycles. The summed E-state index contributed by atoms with van der Waals surface area (Å²) in [5, 5.41) is 6.99. The van der Waals surface area contributed by atoms with Crippen LogP contribution in [0.2, 0.25) is 0 Å². The number of hydrogen-bond acceptors (Lipinski definition) is 2. The van der Waals surface area contributed by atoms with Crippen LogP contribution in [0, 0.1) is 0 Å². The monoisotopic (exact) mass is 387 g/mol. The van der Waals surface area contributed by atoms with Crippen LogP contribution in [-0.4, -0.2) is 40.8 Å². The van der Waals surface area contributed by atoms with Gasteiger partial charge in [0.2, 0.25) is 0 Å². The average Bonchev–Trinajstić information content (AvgIpc) is 2.37. The highest BCUT2D eigenvalue weighted by Crippen LogP contribution is 2.22. The molecular weight excluding hydrogens is 361 g/mol. The van der Waals surface area contributed by atoms with E-state index in [1.165, 1.54) is 0 Å². The zero-order chi connectivity index (χ0) is 12.7. The summed E-state index contributed by atoms with van der Waals surface area (Å²) in [6.07, 6.45) is 4.43. The molecule has 6 heteroatoms. The molecule has 1 fully saturated rings. The largest absolute Gasteiger partial charge is 0.357 e. The molecule has 108 valence electrons. The quantitative estimate of drug-likeness (QED) is 0.440. The molecule has 0 aromatic rings. The van der Waals surface area contributed by atoms with Gasteiger partial charge in [-0.15, -0.1) is 24.0 Å². The van der Waals surface area contributed by atoms with Gasteiger partial charge < -0.3 is 10.6 Å². The van der Waals surface area contributed by atoms with Gasteiger partial charge in [-0.05, 0) is 26.2 Å². The summed E-state index contributed by atoms with van der Waals surface area (Å²) in [5.41, 5.74) is 0. The van der Waals surface area contributed by atoms with Gasteiger partial charge in [0, 0.05) is 41.4 Å². The maximum atomic E-state index is 11.8. The van der Waals surface area contributed by atoms with Crippen LogP contribution in [0.15, 0.2) is 4.99 Å². The molecule has 18 heavy (non-hydrogen) atoms. The minimum absolute atomic E-state index is 0. The predicted molar refractivity (Wildman–Crippen MR) is 90.3 cm³/mol. The van der Waals surface area contributed by atoms with Crippen molar-refractivity contribution in [1.82, 2.24) is 10.6 Å². The first-order chi connectivity index (χ1) is 8.21. The highest BCUT2D eigenvalue weighted by atomic mass is 127. The second kappa shape index (κ2) is 10.00. The fourth-order valence-electron chi connectivity index (χ4n) is 2.31. The van der Waals surface area contributed by atoms with E-state index < -0.39 is 10.8 Å². The number of halogens is 1. The van der Waals surface area contributed by atoms with E-state index in [2.05, 4.69) is 22.5 Å². The van der Waals surface area contributed by atoms with Gasteiger partial charge in [0.1, 0.15) is 0 Å². The molecule has 2 N–H and O–H groups in total. The van der Waals surface area contributed by atoms with E-state index in [0.717, 1.165) is 43.9 Å². The van der Waals surface area contributed by atoms with Crippen molar-refractivity contribution in [3.63, 3.8) is 0 Å². The lowest BCUT2D eigenvalue weighted by Gasteiger charge is -2.30. The zero-order valence-corrected chi connectivity index (χ0v) is 14.7. The lowest BCUT2D eigenvalue weighted by molar-refractivity contribution is 0.414. The molecule has 0 bridgehead atoms. The Bertz CT molecular complexity index is 286. The summed E-state index contributed by atoms with van der Waals surface area (Å²) in [5.74, 6) is 1.64. The Balaban J connectivity index is 0.00000289. The first kappa shape index (κ1) is 18.1. The van der Waals surface area contributed by atoms with E-state index in [4.69, 9.17) is 0 Å². The molecule has 0 saturated heterocycles. The topological polar surface area (TPSA) is 53.5 Å². The number of rotatable bonds is 4. The van der Waals surface area contributed by atoms with Gasteiger partial charge in [-0.25, -0.2) is 0 Å². The third-order valence-corrected chi connectivity index (χ3v) is 4.93. The van der Waals surface area contributed by atoms with Gasteiger partial charge in [-0.2, -0.15) is 0 Å². The summed E-state index contributed by atoms with van der Waals surface area (Å²) < 4.78 is 11.8. The summed E-state index contributed by atoms with van der Waals surface area (Å²) >= 11 is 0. The third-order valence-electron chi connectivity index (χ3n) is 3.19. The second-order valence-corrected chi connectivity index (χ2v) is 6.41. The van der Waals surface area contributed by atoms with Crippen molar-refractivity contribution in [3.05, 3.63) is 0 Å². The van der Waals surface area contributed by atoms with Gasteiger partial charge in [-0.3, -0.25) is 9.20 Å². The standard InChI is InChI=1S/C12H25N3OS.HI/c1-4-14-12(13-3)15-10-7-6-8-11(9-10)17(16)5-2;/h10-11H,4-9H2,1-3H3,(H2,13,14,15);1H. The van der Waals surface area contributed by atoms with E-state index >= 15 is 0 Å². The average molecular weight is 387 g/mol. The van der Waals surface area contributed by atoms with E-state index in [1.807, 2.05) is 6.92 Å². The van der Waals surface area contributed by atoms with E-state index in [9.17, 15) is 4.21 Å². The van der Waals surface area contributed by atoms with Crippen molar-refractivity contribution in [2.75, 3.05) is 19.3 Å². The first-order valence-corrected chi connectivity index (χ1v) is 7.93. The first-order valence-electron chi connectivity index (χ1n) is 6.55. The van der Waals surface area contributed by atoms with Gasteiger partial charge in [0.15, 0.2) is 5.96 Å². The Morgan fingerprint density at radius 1 is 1.39 bits per heavy atom. The Hall–Kier alpha value is 0.150. The minimum Gasteiger partial charge on any atom is -0.357 e. The van der Waals surface area contributed by atoms with Crippen LogP contribution >= 0.6 is 24.0 Å². The molecule has 1 rings (SSSR count). The lowest BCUT2D eigenvalue weighted by atomic mass is 9.95. The van der Waals surface area contributed by atoms with Crippen LogP contribution in [0.3, 0.4) is 0 Å². The molecule has 0 amide bonds. The molecule has 0 aliphatic heterocycles. The van der Waals surface area contributed by atoms with Crippen LogP contribution < -0.4 is 10.6 Å². The predicted octanol–water partition coefficient (Wildman–Crippen LogP) is 1.87. The van der Waals surface area contributed by atoms with Crippen LogP contribution in [0.5, 0.6) is 0 Å². The van der Waals surface area contributed by atoms with Crippen molar-refractivity contribution in [2.24, 2.45) is 4.99 Å². The fraction of sp³-hybridized carbons (Fsp3) is 0.917. The van der Waals surface area contributed by atoms with Crippen molar-refractivity contribution in [1.29, 1.82) is 0 Å². The van der Waals surface area contributed by atoms with E-state index in [-0.39, 0.29) is 24.0 Å². The molecule has 1 aliphatic rings. The molecular formula is C12H26IN3OS. The fourth-order valence-corrected chi connectivity index (χ4v) is 3.65. The zero-order valence-electron chi connectivity index (χ0n) is 11.6.